The molecule has 116 valence electrons. The van der Waals surface area contributed by atoms with Gasteiger partial charge in [-0.05, 0) is 69.3 Å². The normalized spacial score (nSPS) is 16.6. The molecule has 0 bridgehead atoms. The third-order valence-electron chi connectivity index (χ3n) is 3.93. The molecular weight excluding hydrogens is 272 g/mol. The van der Waals surface area contributed by atoms with Gasteiger partial charge in [0, 0.05) is 0 Å². The van der Waals surface area contributed by atoms with E-state index in [-0.39, 0.29) is 0 Å². The fourth-order valence-corrected chi connectivity index (χ4v) is 2.63. The molecule has 4 heteroatoms. The smallest absolute Gasteiger partial charge is 0.159 e. The summed E-state index contributed by atoms with van der Waals surface area (Å²) >= 11 is 0. The topological polar surface area (TPSA) is 32.3 Å². The molecule has 2 rings (SSSR count). The molecule has 0 heterocycles. The van der Waals surface area contributed by atoms with Gasteiger partial charge in [-0.2, -0.15) is 0 Å². The maximum atomic E-state index is 13.1. The lowest BCUT2D eigenvalue weighted by Crippen LogP contribution is -2.19. The zero-order valence-electron chi connectivity index (χ0n) is 12.2. The summed E-state index contributed by atoms with van der Waals surface area (Å²) in [5.41, 5.74) is 1.94. The molecule has 0 spiro atoms. The Hall–Kier alpha value is -1.26. The van der Waals surface area contributed by atoms with Gasteiger partial charge in [-0.1, -0.05) is 17.7 Å². The molecule has 0 aliphatic heterocycles. The number of aliphatic hydroxyl groups excluding tert-OH is 1. The fourth-order valence-electron chi connectivity index (χ4n) is 2.63. The van der Waals surface area contributed by atoms with Gasteiger partial charge in [0.15, 0.2) is 11.6 Å². The summed E-state index contributed by atoms with van der Waals surface area (Å²) in [5.74, 6) is -1.80. The van der Waals surface area contributed by atoms with Crippen molar-refractivity contribution in [2.75, 3.05) is 13.1 Å². The zero-order valence-corrected chi connectivity index (χ0v) is 12.2. The van der Waals surface area contributed by atoms with Gasteiger partial charge in [0.25, 0.3) is 0 Å². The lowest BCUT2D eigenvalue weighted by molar-refractivity contribution is 0.166. The highest BCUT2D eigenvalue weighted by atomic mass is 19.2. The predicted molar refractivity (Wildman–Crippen MR) is 80.0 cm³/mol. The molecular formula is C17H23F2NO. The third-order valence-corrected chi connectivity index (χ3v) is 3.93. The number of aliphatic hydroxyl groups is 1. The molecule has 21 heavy (non-hydrogen) atoms. The first-order valence-corrected chi connectivity index (χ1v) is 7.68. The summed E-state index contributed by atoms with van der Waals surface area (Å²) in [6, 6.07) is 3.54. The maximum absolute atomic E-state index is 13.1. The molecule has 1 aromatic carbocycles. The van der Waals surface area contributed by atoms with E-state index in [1.54, 1.807) is 0 Å². The zero-order chi connectivity index (χ0) is 15.1. The van der Waals surface area contributed by atoms with Crippen LogP contribution in [0, 0.1) is 11.6 Å². The van der Waals surface area contributed by atoms with E-state index in [0.717, 1.165) is 25.1 Å². The predicted octanol–water partition coefficient (Wildman–Crippen LogP) is 3.87. The Balaban J connectivity index is 1.65. The summed E-state index contributed by atoms with van der Waals surface area (Å²) < 4.78 is 25.9. The Labute approximate surface area is 124 Å². The van der Waals surface area contributed by atoms with Gasteiger partial charge in [-0.25, -0.2) is 8.78 Å². The number of halogens is 2. The Kier molecular flexibility index (Phi) is 6.33. The standard InChI is InChI=1S/C17H23F2NO/c18-15-7-6-14(12-16(15)19)17(21)9-11-20-10-8-13-4-2-1-3-5-13/h4,6-7,12,17,20-21H,1-3,5,8-11H2. The van der Waals surface area contributed by atoms with Gasteiger partial charge in [0.2, 0.25) is 0 Å². The lowest BCUT2D eigenvalue weighted by Gasteiger charge is -2.14. The minimum absolute atomic E-state index is 0.422. The quantitative estimate of drug-likeness (QED) is 0.591. The molecule has 0 saturated carbocycles. The Morgan fingerprint density at radius 3 is 2.71 bits per heavy atom. The van der Waals surface area contributed by atoms with Crippen LogP contribution in [0.3, 0.4) is 0 Å². The molecule has 1 aliphatic carbocycles. The average Bonchev–Trinajstić information content (AvgIpc) is 2.50. The second kappa shape index (κ2) is 8.25. The van der Waals surface area contributed by atoms with Crippen LogP contribution in [0.4, 0.5) is 8.78 Å². The molecule has 0 fully saturated rings. The summed E-state index contributed by atoms with van der Waals surface area (Å²) in [6.07, 6.45) is 8.12. The highest BCUT2D eigenvalue weighted by molar-refractivity contribution is 5.20. The van der Waals surface area contributed by atoms with E-state index >= 15 is 0 Å². The minimum atomic E-state index is -0.913. The van der Waals surface area contributed by atoms with Crippen LogP contribution in [-0.4, -0.2) is 18.2 Å². The van der Waals surface area contributed by atoms with Crippen molar-refractivity contribution in [1.29, 1.82) is 0 Å². The van der Waals surface area contributed by atoms with Gasteiger partial charge < -0.3 is 10.4 Å². The van der Waals surface area contributed by atoms with Crippen molar-refractivity contribution < 1.29 is 13.9 Å². The van der Waals surface area contributed by atoms with Gasteiger partial charge in [-0.15, -0.1) is 0 Å². The Morgan fingerprint density at radius 1 is 1.14 bits per heavy atom. The summed E-state index contributed by atoms with van der Waals surface area (Å²) in [4.78, 5) is 0. The van der Waals surface area contributed by atoms with E-state index in [4.69, 9.17) is 0 Å². The first-order chi connectivity index (χ1) is 10.2. The number of rotatable bonds is 7. The van der Waals surface area contributed by atoms with E-state index in [9.17, 15) is 13.9 Å². The number of hydrogen-bond acceptors (Lipinski definition) is 2. The SMILES string of the molecule is OC(CCNCCC1=CCCCC1)c1ccc(F)c(F)c1. The maximum Gasteiger partial charge on any atom is 0.159 e. The monoisotopic (exact) mass is 295 g/mol. The van der Waals surface area contributed by atoms with E-state index in [1.807, 2.05) is 0 Å². The Morgan fingerprint density at radius 2 is 2.00 bits per heavy atom. The molecule has 2 nitrogen and oxygen atoms in total. The van der Waals surface area contributed by atoms with Gasteiger partial charge in [0.05, 0.1) is 6.10 Å². The van der Waals surface area contributed by atoms with Crippen molar-refractivity contribution in [3.8, 4) is 0 Å². The highest BCUT2D eigenvalue weighted by Crippen LogP contribution is 2.20. The number of nitrogens with one attached hydrogen (secondary N) is 1. The van der Waals surface area contributed by atoms with Crippen LogP contribution >= 0.6 is 0 Å². The Bertz CT molecular complexity index is 488. The van der Waals surface area contributed by atoms with Crippen LogP contribution in [0.5, 0.6) is 0 Å². The van der Waals surface area contributed by atoms with Gasteiger partial charge in [-0.3, -0.25) is 0 Å². The largest absolute Gasteiger partial charge is 0.388 e. The van der Waals surface area contributed by atoms with Gasteiger partial charge in [0.1, 0.15) is 0 Å². The van der Waals surface area contributed by atoms with Crippen molar-refractivity contribution >= 4 is 0 Å². The number of allylic oxidation sites excluding steroid dienone is 1. The lowest BCUT2D eigenvalue weighted by atomic mass is 9.97. The summed E-state index contributed by atoms with van der Waals surface area (Å²) in [5, 5.41) is 13.2. The third kappa shape index (κ3) is 5.21. The van der Waals surface area contributed by atoms with Crippen molar-refractivity contribution in [1.82, 2.24) is 5.32 Å². The van der Waals surface area contributed by atoms with Crippen molar-refractivity contribution in [2.24, 2.45) is 0 Å². The molecule has 0 amide bonds. The number of benzene rings is 1. The summed E-state index contributed by atoms with van der Waals surface area (Å²) in [6.45, 7) is 1.56. The van der Waals surface area contributed by atoms with Crippen LogP contribution in [-0.2, 0) is 0 Å². The van der Waals surface area contributed by atoms with Crippen molar-refractivity contribution in [3.05, 3.63) is 47.0 Å². The molecule has 2 N–H and O–H groups in total. The first-order valence-electron chi connectivity index (χ1n) is 7.68. The molecule has 0 aromatic heterocycles. The fraction of sp³-hybridized carbons (Fsp3) is 0.529. The first kappa shape index (κ1) is 16.1. The van der Waals surface area contributed by atoms with Crippen LogP contribution in [0.25, 0.3) is 0 Å². The van der Waals surface area contributed by atoms with Crippen LogP contribution in [0.1, 0.15) is 50.2 Å². The van der Waals surface area contributed by atoms with Crippen molar-refractivity contribution in [3.63, 3.8) is 0 Å². The summed E-state index contributed by atoms with van der Waals surface area (Å²) in [7, 11) is 0. The molecule has 0 radical (unpaired) electrons. The van der Waals surface area contributed by atoms with E-state index in [0.29, 0.717) is 18.5 Å². The van der Waals surface area contributed by atoms with Crippen LogP contribution in [0.2, 0.25) is 0 Å². The van der Waals surface area contributed by atoms with E-state index in [2.05, 4.69) is 11.4 Å². The second-order valence-electron chi connectivity index (χ2n) is 5.59. The van der Waals surface area contributed by atoms with Crippen molar-refractivity contribution in [2.45, 2.75) is 44.6 Å². The minimum Gasteiger partial charge on any atom is -0.388 e. The molecule has 1 unspecified atom stereocenters. The highest BCUT2D eigenvalue weighted by Gasteiger charge is 2.10. The average molecular weight is 295 g/mol. The number of hydrogen-bond donors (Lipinski definition) is 2. The molecule has 1 aliphatic rings. The van der Waals surface area contributed by atoms with Crippen LogP contribution in [0.15, 0.2) is 29.8 Å². The molecule has 0 saturated heterocycles. The van der Waals surface area contributed by atoms with E-state index < -0.39 is 17.7 Å². The van der Waals surface area contributed by atoms with Gasteiger partial charge >= 0.3 is 0 Å². The second-order valence-corrected chi connectivity index (χ2v) is 5.59. The molecule has 1 atom stereocenters. The molecule has 1 aromatic rings. The van der Waals surface area contributed by atoms with Crippen LogP contribution < -0.4 is 5.32 Å². The van der Waals surface area contributed by atoms with E-state index in [1.165, 1.54) is 37.3 Å².